The van der Waals surface area contributed by atoms with E-state index in [1.165, 1.54) is 31.5 Å². The molecule has 3 aromatic rings. The highest BCUT2D eigenvalue weighted by Crippen LogP contribution is 2.35. The van der Waals surface area contributed by atoms with Crippen LogP contribution in [0.3, 0.4) is 0 Å². The summed E-state index contributed by atoms with van der Waals surface area (Å²) in [4.78, 5) is 12.8. The van der Waals surface area contributed by atoms with Crippen molar-refractivity contribution in [2.75, 3.05) is 24.6 Å². The van der Waals surface area contributed by atoms with E-state index >= 15 is 0 Å². The van der Waals surface area contributed by atoms with Crippen LogP contribution in [-0.2, 0) is 14.8 Å². The van der Waals surface area contributed by atoms with Crippen LogP contribution in [-0.4, -0.2) is 45.9 Å². The fraction of sp³-hybridized carbons (Fsp3) is 0.167. The molecule has 3 rings (SSSR count). The summed E-state index contributed by atoms with van der Waals surface area (Å²) in [5.74, 6) is -0.188. The summed E-state index contributed by atoms with van der Waals surface area (Å²) in [6.07, 6.45) is 1.34. The number of para-hydroxylation sites is 2. The zero-order valence-corrected chi connectivity index (χ0v) is 21.4. The highest BCUT2D eigenvalue weighted by molar-refractivity contribution is 9.10. The molecule has 0 fully saturated rings. The van der Waals surface area contributed by atoms with Crippen molar-refractivity contribution in [2.24, 2.45) is 5.10 Å². The van der Waals surface area contributed by atoms with Gasteiger partial charge in [-0.2, -0.15) is 5.10 Å². The Morgan fingerprint density at radius 3 is 2.49 bits per heavy atom. The maximum atomic E-state index is 13.5. The molecule has 35 heavy (non-hydrogen) atoms. The molecule has 184 valence electrons. The predicted octanol–water partition coefficient (Wildman–Crippen LogP) is 3.91. The number of sulfonamides is 1. The Morgan fingerprint density at radius 2 is 1.80 bits per heavy atom. The van der Waals surface area contributed by atoms with E-state index in [0.717, 1.165) is 4.31 Å². The second kappa shape index (κ2) is 11.7. The number of phenolic OH excluding ortho intramolecular Hbond substituents is 1. The Balaban J connectivity index is 1.88. The number of nitrogens with zero attached hydrogens (tertiary/aromatic N) is 2. The first-order chi connectivity index (χ1) is 16.8. The lowest BCUT2D eigenvalue weighted by atomic mass is 10.2. The molecule has 9 nitrogen and oxygen atoms in total. The van der Waals surface area contributed by atoms with E-state index in [1.807, 2.05) is 0 Å². The Labute approximate surface area is 212 Å². The molecule has 0 aromatic heterocycles. The minimum Gasteiger partial charge on any atom is -0.503 e. The zero-order valence-electron chi connectivity index (χ0n) is 19.0. The molecule has 0 radical (unpaired) electrons. The third-order valence-electron chi connectivity index (χ3n) is 4.73. The van der Waals surface area contributed by atoms with Crippen molar-refractivity contribution >= 4 is 43.8 Å². The summed E-state index contributed by atoms with van der Waals surface area (Å²) >= 11 is 3.22. The summed E-state index contributed by atoms with van der Waals surface area (Å²) in [6, 6.07) is 17.5. The molecule has 0 bridgehead atoms. The van der Waals surface area contributed by atoms with Crippen molar-refractivity contribution in [3.8, 4) is 17.2 Å². The van der Waals surface area contributed by atoms with Crippen molar-refractivity contribution in [3.63, 3.8) is 0 Å². The predicted molar refractivity (Wildman–Crippen MR) is 137 cm³/mol. The van der Waals surface area contributed by atoms with E-state index in [0.29, 0.717) is 22.4 Å². The number of ether oxygens (including phenoxy) is 2. The van der Waals surface area contributed by atoms with Crippen LogP contribution >= 0.6 is 15.9 Å². The molecular formula is C24H24BrN3O6S. The Morgan fingerprint density at radius 1 is 1.11 bits per heavy atom. The average molecular weight is 562 g/mol. The topological polar surface area (TPSA) is 118 Å². The van der Waals surface area contributed by atoms with Gasteiger partial charge in [-0.15, -0.1) is 0 Å². The molecule has 0 saturated carbocycles. The van der Waals surface area contributed by atoms with E-state index in [2.05, 4.69) is 26.5 Å². The van der Waals surface area contributed by atoms with Gasteiger partial charge in [-0.3, -0.25) is 9.10 Å². The minimum absolute atomic E-state index is 0.0311. The van der Waals surface area contributed by atoms with Crippen molar-refractivity contribution in [1.29, 1.82) is 0 Å². The largest absolute Gasteiger partial charge is 0.503 e. The van der Waals surface area contributed by atoms with Crippen LogP contribution < -0.4 is 19.2 Å². The number of methoxy groups -OCH3 is 1. The van der Waals surface area contributed by atoms with Gasteiger partial charge in [-0.25, -0.2) is 13.8 Å². The number of aromatic hydroxyl groups is 1. The van der Waals surface area contributed by atoms with Crippen molar-refractivity contribution in [2.45, 2.75) is 11.8 Å². The number of halogens is 1. The first-order valence-corrected chi connectivity index (χ1v) is 12.7. The second-order valence-corrected chi connectivity index (χ2v) is 9.79. The summed E-state index contributed by atoms with van der Waals surface area (Å²) in [5, 5.41) is 13.8. The molecule has 0 unspecified atom stereocenters. The number of carbonyl (C=O) groups excluding carboxylic acids is 1. The van der Waals surface area contributed by atoms with E-state index in [9.17, 15) is 18.3 Å². The number of nitrogens with one attached hydrogen (secondary N) is 1. The maximum Gasteiger partial charge on any atom is 0.264 e. The lowest BCUT2D eigenvalue weighted by Crippen LogP contribution is -2.39. The number of hydrazone groups is 1. The Hall–Kier alpha value is -3.57. The summed E-state index contributed by atoms with van der Waals surface area (Å²) in [6.45, 7) is 1.56. The number of hydrogen-bond donors (Lipinski definition) is 2. The van der Waals surface area contributed by atoms with Gasteiger partial charge in [0.25, 0.3) is 15.9 Å². The standard InChI is InChI=1S/C24H24BrN3O6S/c1-3-34-21-12-8-7-11-20(21)28(35(31,32)18-9-5-4-6-10-18)16-23(29)27-26-15-17-13-19(25)24(30)22(14-17)33-2/h4-15,30H,3,16H2,1-2H3,(H,27,29)/b26-15-. The maximum absolute atomic E-state index is 13.5. The third-order valence-corrected chi connectivity index (χ3v) is 7.10. The van der Waals surface area contributed by atoms with Gasteiger partial charge in [0, 0.05) is 0 Å². The van der Waals surface area contributed by atoms with Crippen LogP contribution in [0.2, 0.25) is 0 Å². The van der Waals surface area contributed by atoms with Gasteiger partial charge in [0.1, 0.15) is 12.3 Å². The molecular weight excluding hydrogens is 538 g/mol. The van der Waals surface area contributed by atoms with Crippen molar-refractivity contribution in [3.05, 3.63) is 76.8 Å². The lowest BCUT2D eigenvalue weighted by Gasteiger charge is -2.25. The molecule has 0 aliphatic rings. The third kappa shape index (κ3) is 6.31. The molecule has 0 saturated heterocycles. The number of rotatable bonds is 10. The SMILES string of the molecule is CCOc1ccccc1N(CC(=O)N/N=C\c1cc(Br)c(O)c(OC)c1)S(=O)(=O)c1ccccc1. The van der Waals surface area contributed by atoms with E-state index in [1.54, 1.807) is 55.5 Å². The van der Waals surface area contributed by atoms with E-state index in [-0.39, 0.29) is 22.1 Å². The smallest absolute Gasteiger partial charge is 0.264 e. The van der Waals surface area contributed by atoms with Crippen LogP contribution in [0.1, 0.15) is 12.5 Å². The molecule has 11 heteroatoms. The van der Waals surface area contributed by atoms with Crippen LogP contribution in [0, 0.1) is 0 Å². The first-order valence-electron chi connectivity index (χ1n) is 10.5. The molecule has 0 heterocycles. The van der Waals surface area contributed by atoms with Crippen LogP contribution in [0.4, 0.5) is 5.69 Å². The number of phenols is 1. The lowest BCUT2D eigenvalue weighted by molar-refractivity contribution is -0.119. The normalized spacial score (nSPS) is 11.3. The van der Waals surface area contributed by atoms with Gasteiger partial charge in [0.05, 0.1) is 35.0 Å². The monoisotopic (exact) mass is 561 g/mol. The fourth-order valence-corrected chi connectivity index (χ4v) is 5.04. The molecule has 0 aliphatic heterocycles. The second-order valence-electron chi connectivity index (χ2n) is 7.07. The van der Waals surface area contributed by atoms with Gasteiger partial charge < -0.3 is 14.6 Å². The Bertz CT molecular complexity index is 1320. The van der Waals surface area contributed by atoms with Crippen molar-refractivity contribution in [1.82, 2.24) is 5.43 Å². The highest BCUT2D eigenvalue weighted by atomic mass is 79.9. The number of amides is 1. The van der Waals surface area contributed by atoms with E-state index in [4.69, 9.17) is 9.47 Å². The molecule has 2 N–H and O–H groups in total. The summed E-state index contributed by atoms with van der Waals surface area (Å²) in [7, 11) is -2.69. The Kier molecular flexibility index (Phi) is 8.72. The molecule has 3 aromatic carbocycles. The van der Waals surface area contributed by atoms with Crippen LogP contribution in [0.15, 0.2) is 81.2 Å². The molecule has 0 atom stereocenters. The molecule has 0 aliphatic carbocycles. The van der Waals surface area contributed by atoms with Gasteiger partial charge in [-0.1, -0.05) is 30.3 Å². The highest BCUT2D eigenvalue weighted by Gasteiger charge is 2.29. The van der Waals surface area contributed by atoms with Gasteiger partial charge in [0.15, 0.2) is 11.5 Å². The van der Waals surface area contributed by atoms with Crippen molar-refractivity contribution < 1.29 is 27.8 Å². The summed E-state index contributed by atoms with van der Waals surface area (Å²) < 4.78 is 39.0. The number of carbonyl (C=O) groups is 1. The number of anilines is 1. The average Bonchev–Trinajstić information content (AvgIpc) is 2.85. The van der Waals surface area contributed by atoms with Gasteiger partial charge in [0.2, 0.25) is 0 Å². The van der Waals surface area contributed by atoms with E-state index < -0.39 is 22.5 Å². The number of benzene rings is 3. The molecule has 1 amide bonds. The fourth-order valence-electron chi connectivity index (χ4n) is 3.13. The summed E-state index contributed by atoms with van der Waals surface area (Å²) in [5.41, 5.74) is 3.10. The van der Waals surface area contributed by atoms with Crippen LogP contribution in [0.5, 0.6) is 17.2 Å². The van der Waals surface area contributed by atoms with Gasteiger partial charge in [-0.05, 0) is 64.8 Å². The van der Waals surface area contributed by atoms with Gasteiger partial charge >= 0.3 is 0 Å². The first kappa shape index (κ1) is 26.0. The quantitative estimate of drug-likeness (QED) is 0.286. The zero-order chi connectivity index (χ0) is 25.4. The van der Waals surface area contributed by atoms with Crippen LogP contribution in [0.25, 0.3) is 0 Å². The number of hydrogen-bond acceptors (Lipinski definition) is 7. The minimum atomic E-state index is -4.10. The molecule has 0 spiro atoms.